The molecule has 0 saturated carbocycles. The van der Waals surface area contributed by atoms with Gasteiger partial charge in [-0.2, -0.15) is 5.10 Å². The molecule has 1 aliphatic rings. The van der Waals surface area contributed by atoms with Gasteiger partial charge in [-0.25, -0.2) is 0 Å². The van der Waals surface area contributed by atoms with Gasteiger partial charge in [0.25, 0.3) is 0 Å². The number of rotatable bonds is 3. The maximum Gasteiger partial charge on any atom is 0.128 e. The fourth-order valence-electron chi connectivity index (χ4n) is 2.54. The van der Waals surface area contributed by atoms with E-state index < -0.39 is 0 Å². The van der Waals surface area contributed by atoms with Gasteiger partial charge in [0, 0.05) is 11.7 Å². The molecule has 0 aliphatic carbocycles. The first-order chi connectivity index (χ1) is 8.52. The van der Waals surface area contributed by atoms with Crippen LogP contribution in [0.15, 0.2) is 35.4 Å². The molecule has 0 spiro atoms. The van der Waals surface area contributed by atoms with Crippen LogP contribution >= 0.6 is 0 Å². The zero-order valence-electron chi connectivity index (χ0n) is 12.0. The van der Waals surface area contributed by atoms with E-state index in [-0.39, 0.29) is 0 Å². The molecule has 0 aromatic heterocycles. The molecule has 98 valence electrons. The molecule has 1 atom stereocenters. The molecule has 3 heteroatoms. The van der Waals surface area contributed by atoms with E-state index in [4.69, 9.17) is 5.10 Å². The van der Waals surface area contributed by atoms with Crippen LogP contribution in [0.1, 0.15) is 34.6 Å². The summed E-state index contributed by atoms with van der Waals surface area (Å²) in [6.07, 6.45) is 0.312. The van der Waals surface area contributed by atoms with Gasteiger partial charge in [-0.05, 0) is 38.8 Å². The van der Waals surface area contributed by atoms with Crippen LogP contribution in [0, 0.1) is 5.92 Å². The zero-order valence-corrected chi connectivity index (χ0v) is 12.0. The van der Waals surface area contributed by atoms with Gasteiger partial charge in [-0.3, -0.25) is 5.01 Å². The zero-order chi connectivity index (χ0) is 13.3. The highest BCUT2D eigenvalue weighted by atomic mass is 15.6. The quantitative estimate of drug-likeness (QED) is 0.811. The molecule has 0 N–H and O–H groups in total. The van der Waals surface area contributed by atoms with Crippen LogP contribution in [0.5, 0.6) is 0 Å². The standard InChI is InChI=1S/C15H23N3/c1-11(2)15-17(14-9-7-6-8-10-14)13(5)16-18(15)12(3)4/h6-12,15H,1-5H3. The van der Waals surface area contributed by atoms with Crippen molar-refractivity contribution >= 4 is 11.5 Å². The third-order valence-electron chi connectivity index (χ3n) is 3.30. The number of amidine groups is 1. The van der Waals surface area contributed by atoms with E-state index in [0.29, 0.717) is 18.1 Å². The SMILES string of the molecule is CC1=NN(C(C)C)C(C(C)C)N1c1ccccc1. The van der Waals surface area contributed by atoms with Crippen LogP contribution in [0.2, 0.25) is 0 Å². The van der Waals surface area contributed by atoms with Crippen LogP contribution in [0.25, 0.3) is 0 Å². The summed E-state index contributed by atoms with van der Waals surface area (Å²) < 4.78 is 0. The third-order valence-corrected chi connectivity index (χ3v) is 3.30. The number of hydrogen-bond acceptors (Lipinski definition) is 3. The lowest BCUT2D eigenvalue weighted by Gasteiger charge is -2.36. The first-order valence-electron chi connectivity index (χ1n) is 6.70. The maximum atomic E-state index is 4.72. The molecule has 2 rings (SSSR count). The average Bonchev–Trinajstić information content (AvgIpc) is 2.68. The number of hydrogen-bond donors (Lipinski definition) is 0. The lowest BCUT2D eigenvalue weighted by Crippen LogP contribution is -2.47. The lowest BCUT2D eigenvalue weighted by molar-refractivity contribution is 0.147. The maximum absolute atomic E-state index is 4.72. The van der Waals surface area contributed by atoms with Crippen molar-refractivity contribution < 1.29 is 0 Å². The van der Waals surface area contributed by atoms with E-state index in [2.05, 4.69) is 74.9 Å². The second kappa shape index (κ2) is 5.01. The smallest absolute Gasteiger partial charge is 0.128 e. The molecule has 1 heterocycles. The van der Waals surface area contributed by atoms with Crippen LogP contribution in [0.4, 0.5) is 5.69 Å². The van der Waals surface area contributed by atoms with E-state index in [9.17, 15) is 0 Å². The molecule has 1 aromatic carbocycles. The van der Waals surface area contributed by atoms with Gasteiger partial charge in [0.05, 0.1) is 0 Å². The van der Waals surface area contributed by atoms with Gasteiger partial charge in [0.15, 0.2) is 0 Å². The Kier molecular flexibility index (Phi) is 3.60. The molecule has 3 nitrogen and oxygen atoms in total. The summed E-state index contributed by atoms with van der Waals surface area (Å²) in [4.78, 5) is 2.34. The summed E-state index contributed by atoms with van der Waals surface area (Å²) in [6.45, 7) is 11.0. The predicted molar refractivity (Wildman–Crippen MR) is 77.6 cm³/mol. The first-order valence-corrected chi connectivity index (χ1v) is 6.70. The van der Waals surface area contributed by atoms with Gasteiger partial charge >= 0.3 is 0 Å². The number of hydrazone groups is 1. The summed E-state index contributed by atoms with van der Waals surface area (Å²) in [7, 11) is 0. The number of para-hydroxylation sites is 1. The summed E-state index contributed by atoms with van der Waals surface area (Å²) in [5, 5.41) is 6.94. The molecule has 0 bridgehead atoms. The van der Waals surface area contributed by atoms with Gasteiger partial charge in [-0.1, -0.05) is 32.0 Å². The minimum atomic E-state index is 0.312. The Morgan fingerprint density at radius 2 is 1.67 bits per heavy atom. The van der Waals surface area contributed by atoms with E-state index in [1.807, 2.05) is 0 Å². The fourth-order valence-corrected chi connectivity index (χ4v) is 2.54. The molecule has 1 aliphatic heterocycles. The van der Waals surface area contributed by atoms with Gasteiger partial charge in [0.1, 0.15) is 12.0 Å². The fraction of sp³-hybridized carbons (Fsp3) is 0.533. The molecular formula is C15H23N3. The van der Waals surface area contributed by atoms with Crippen molar-refractivity contribution in [1.82, 2.24) is 5.01 Å². The van der Waals surface area contributed by atoms with E-state index >= 15 is 0 Å². The molecule has 18 heavy (non-hydrogen) atoms. The molecule has 0 fully saturated rings. The first kappa shape index (κ1) is 12.9. The predicted octanol–water partition coefficient (Wildman–Crippen LogP) is 3.53. The highest BCUT2D eigenvalue weighted by Gasteiger charge is 2.36. The van der Waals surface area contributed by atoms with Crippen molar-refractivity contribution in [1.29, 1.82) is 0 Å². The topological polar surface area (TPSA) is 18.8 Å². The summed E-state index contributed by atoms with van der Waals surface area (Å²) in [6, 6.07) is 10.9. The van der Waals surface area contributed by atoms with E-state index in [1.165, 1.54) is 5.69 Å². The summed E-state index contributed by atoms with van der Waals surface area (Å²) >= 11 is 0. The Morgan fingerprint density at radius 3 is 2.17 bits per heavy atom. The van der Waals surface area contributed by atoms with Crippen LogP contribution in [-0.2, 0) is 0 Å². The van der Waals surface area contributed by atoms with Crippen molar-refractivity contribution in [3.05, 3.63) is 30.3 Å². The lowest BCUT2D eigenvalue weighted by atomic mass is 10.1. The minimum Gasteiger partial charge on any atom is -0.306 e. The monoisotopic (exact) mass is 245 g/mol. The molecular weight excluding hydrogens is 222 g/mol. The van der Waals surface area contributed by atoms with Crippen LogP contribution < -0.4 is 4.90 Å². The Hall–Kier alpha value is -1.51. The normalized spacial score (nSPS) is 19.9. The number of anilines is 1. The second-order valence-electron chi connectivity index (χ2n) is 5.48. The highest BCUT2D eigenvalue weighted by molar-refractivity contribution is 5.97. The van der Waals surface area contributed by atoms with Crippen LogP contribution in [-0.4, -0.2) is 23.1 Å². The molecule has 0 amide bonds. The third kappa shape index (κ3) is 2.22. The van der Waals surface area contributed by atoms with E-state index in [0.717, 1.165) is 5.84 Å². The average molecular weight is 245 g/mol. The Balaban J connectivity index is 2.37. The van der Waals surface area contributed by atoms with Crippen molar-refractivity contribution in [2.45, 2.75) is 46.8 Å². The largest absolute Gasteiger partial charge is 0.306 e. The van der Waals surface area contributed by atoms with Gasteiger partial charge in [-0.15, -0.1) is 0 Å². The van der Waals surface area contributed by atoms with Crippen molar-refractivity contribution in [3.63, 3.8) is 0 Å². The molecule has 0 saturated heterocycles. The Bertz CT molecular complexity index is 423. The highest BCUT2D eigenvalue weighted by Crippen LogP contribution is 2.30. The number of benzene rings is 1. The molecule has 0 radical (unpaired) electrons. The van der Waals surface area contributed by atoms with Gasteiger partial charge < -0.3 is 4.90 Å². The number of nitrogens with zero attached hydrogens (tertiary/aromatic N) is 3. The van der Waals surface area contributed by atoms with E-state index in [1.54, 1.807) is 0 Å². The second-order valence-corrected chi connectivity index (χ2v) is 5.48. The van der Waals surface area contributed by atoms with Crippen LogP contribution in [0.3, 0.4) is 0 Å². The Morgan fingerprint density at radius 1 is 1.06 bits per heavy atom. The molecule has 1 unspecified atom stereocenters. The van der Waals surface area contributed by atoms with Crippen molar-refractivity contribution in [3.8, 4) is 0 Å². The summed E-state index contributed by atoms with van der Waals surface area (Å²) in [5.41, 5.74) is 1.22. The molecule has 1 aromatic rings. The minimum absolute atomic E-state index is 0.312. The Labute approximate surface area is 110 Å². The van der Waals surface area contributed by atoms with Crippen molar-refractivity contribution in [2.75, 3.05) is 4.90 Å². The van der Waals surface area contributed by atoms with Gasteiger partial charge in [0.2, 0.25) is 0 Å². The van der Waals surface area contributed by atoms with Crippen molar-refractivity contribution in [2.24, 2.45) is 11.0 Å². The summed E-state index contributed by atoms with van der Waals surface area (Å²) in [5.74, 6) is 1.60.